The van der Waals surface area contributed by atoms with E-state index >= 15 is 0 Å². The molecule has 0 N–H and O–H groups in total. The molecule has 3 rings (SSSR count). The maximum atomic E-state index is 4.66. The first kappa shape index (κ1) is 19.3. The quantitative estimate of drug-likeness (QED) is 0.497. The average Bonchev–Trinajstić information content (AvgIpc) is 2.70. The fourth-order valence-corrected chi connectivity index (χ4v) is 4.65. The third kappa shape index (κ3) is 6.43. The van der Waals surface area contributed by atoms with E-state index in [-0.39, 0.29) is 0 Å². The Labute approximate surface area is 152 Å². The first-order valence-corrected chi connectivity index (χ1v) is 9.64. The molecule has 0 fully saturated rings. The first-order chi connectivity index (χ1) is 12.4. The molecular weight excluding hydrogens is 327 g/mol. The van der Waals surface area contributed by atoms with Crippen molar-refractivity contribution >= 4 is 23.8 Å². The molecule has 0 aliphatic carbocycles. The molecule has 0 radical (unpaired) electrons. The Hall–Kier alpha value is -1.99. The van der Waals surface area contributed by atoms with Crippen LogP contribution in [0, 0.1) is 0 Å². The van der Waals surface area contributed by atoms with Gasteiger partial charge in [0.25, 0.3) is 0 Å². The van der Waals surface area contributed by atoms with Crippen molar-refractivity contribution in [2.24, 2.45) is 0 Å². The van der Waals surface area contributed by atoms with Gasteiger partial charge in [-0.2, -0.15) is 0 Å². The predicted molar refractivity (Wildman–Crippen MR) is 109 cm³/mol. The Morgan fingerprint density at radius 3 is 1.04 bits per heavy atom. The van der Waals surface area contributed by atoms with Crippen molar-refractivity contribution in [2.45, 2.75) is 0 Å². The number of benzene rings is 3. The van der Waals surface area contributed by atoms with Gasteiger partial charge >= 0.3 is 0 Å². The summed E-state index contributed by atoms with van der Waals surface area (Å²) < 4.78 is 9.31. The number of hydrogen-bond donors (Lipinski definition) is 0. The molecule has 0 aromatic heterocycles. The van der Waals surface area contributed by atoms with Crippen molar-refractivity contribution in [1.29, 1.82) is 0 Å². The zero-order chi connectivity index (χ0) is 17.7. The van der Waals surface area contributed by atoms with Crippen LogP contribution < -0.4 is 15.9 Å². The van der Waals surface area contributed by atoms with E-state index in [1.807, 2.05) is 0 Å². The highest BCUT2D eigenvalue weighted by Gasteiger charge is 2.14. The van der Waals surface area contributed by atoms with E-state index in [4.69, 9.17) is 0 Å². The molecule has 3 aromatic rings. The molecule has 0 aliphatic rings. The maximum absolute atomic E-state index is 4.66. The minimum absolute atomic E-state index is 0.446. The van der Waals surface area contributed by atoms with E-state index in [2.05, 4.69) is 100 Å². The summed E-state index contributed by atoms with van der Waals surface area (Å²) in [4.78, 5) is 0. The zero-order valence-electron chi connectivity index (χ0n) is 14.8. The van der Waals surface area contributed by atoms with Gasteiger partial charge in [-0.15, -0.1) is 0 Å². The van der Waals surface area contributed by atoms with Gasteiger partial charge in [-0.25, -0.2) is 0 Å². The summed E-state index contributed by atoms with van der Waals surface area (Å²) in [6.07, 6.45) is 0. The normalized spacial score (nSPS) is 10.2. The molecule has 0 saturated heterocycles. The van der Waals surface area contributed by atoms with Crippen molar-refractivity contribution in [3.8, 4) is 0 Å². The molecule has 0 atom stereocenters. The van der Waals surface area contributed by atoms with Crippen LogP contribution in [0.15, 0.2) is 91.0 Å². The minimum atomic E-state index is -0.446. The lowest BCUT2D eigenvalue weighted by molar-refractivity contribution is 0.103. The number of rotatable bonds is 6. The molecule has 2 nitrogen and oxygen atoms in total. The maximum Gasteiger partial charge on any atom is 0.0696 e. The lowest BCUT2D eigenvalue weighted by atomic mass is 10.4. The van der Waals surface area contributed by atoms with Crippen molar-refractivity contribution in [2.75, 3.05) is 27.4 Å². The van der Waals surface area contributed by atoms with Gasteiger partial charge in [-0.05, 0) is 23.8 Å². The molecule has 3 heteroatoms. The Balaban J connectivity index is 0.000000326. The third-order valence-electron chi connectivity index (χ3n) is 3.53. The molecule has 0 unspecified atom stereocenters. The van der Waals surface area contributed by atoms with E-state index < -0.39 is 7.92 Å². The lowest BCUT2D eigenvalue weighted by Crippen LogP contribution is -2.20. The molecule has 130 valence electrons. The van der Waals surface area contributed by atoms with Gasteiger partial charge in [0.05, 0.1) is 13.2 Å². The topological polar surface area (TPSA) is 18.5 Å². The minimum Gasteiger partial charge on any atom is -0.382 e. The molecule has 0 amide bonds. The molecule has 0 heterocycles. The van der Waals surface area contributed by atoms with Crippen LogP contribution in [0.2, 0.25) is 0 Å². The Kier molecular flexibility index (Phi) is 8.93. The van der Waals surface area contributed by atoms with Gasteiger partial charge in [-0.1, -0.05) is 91.0 Å². The molecule has 3 aromatic carbocycles. The fraction of sp³-hybridized carbons (Fsp3) is 0.182. The SMILES string of the molecule is COCCOC.c1ccc(P(c2ccccc2)c2ccccc2)cc1. The molecule has 0 aliphatic heterocycles. The van der Waals surface area contributed by atoms with Crippen LogP contribution in [0.3, 0.4) is 0 Å². The van der Waals surface area contributed by atoms with Crippen molar-refractivity contribution < 1.29 is 9.47 Å². The Morgan fingerprint density at radius 1 is 0.520 bits per heavy atom. The largest absolute Gasteiger partial charge is 0.382 e. The molecule has 0 saturated carbocycles. The van der Waals surface area contributed by atoms with Gasteiger partial charge in [0, 0.05) is 14.2 Å². The Bertz CT molecular complexity index is 589. The van der Waals surface area contributed by atoms with Gasteiger partial charge in [-0.3, -0.25) is 0 Å². The van der Waals surface area contributed by atoms with E-state index in [1.165, 1.54) is 15.9 Å². The van der Waals surface area contributed by atoms with Gasteiger partial charge < -0.3 is 9.47 Å². The second-order valence-corrected chi connectivity index (χ2v) is 7.55. The van der Waals surface area contributed by atoms with Crippen LogP contribution in [-0.2, 0) is 9.47 Å². The molecular formula is C22H25O2P. The predicted octanol–water partition coefficient (Wildman–Crippen LogP) is 3.72. The van der Waals surface area contributed by atoms with Crippen molar-refractivity contribution in [3.05, 3.63) is 91.0 Å². The van der Waals surface area contributed by atoms with Crippen LogP contribution in [0.5, 0.6) is 0 Å². The highest BCUT2D eigenvalue weighted by Crippen LogP contribution is 2.32. The monoisotopic (exact) mass is 352 g/mol. The van der Waals surface area contributed by atoms with Gasteiger partial charge in [0.15, 0.2) is 0 Å². The summed E-state index contributed by atoms with van der Waals surface area (Å²) in [6.45, 7) is 1.38. The lowest BCUT2D eigenvalue weighted by Gasteiger charge is -2.18. The molecule has 0 spiro atoms. The fourth-order valence-electron chi connectivity index (χ4n) is 2.35. The second kappa shape index (κ2) is 11.5. The summed E-state index contributed by atoms with van der Waals surface area (Å²) in [5.74, 6) is 0. The van der Waals surface area contributed by atoms with Crippen LogP contribution in [0.4, 0.5) is 0 Å². The van der Waals surface area contributed by atoms with Gasteiger partial charge in [0.2, 0.25) is 0 Å². The molecule has 25 heavy (non-hydrogen) atoms. The average molecular weight is 352 g/mol. The summed E-state index contributed by atoms with van der Waals surface area (Å²) >= 11 is 0. The highest BCUT2D eigenvalue weighted by molar-refractivity contribution is 7.79. The van der Waals surface area contributed by atoms with E-state index in [0.29, 0.717) is 13.2 Å². The highest BCUT2D eigenvalue weighted by atomic mass is 31.1. The van der Waals surface area contributed by atoms with Crippen LogP contribution in [0.1, 0.15) is 0 Å². The van der Waals surface area contributed by atoms with Crippen LogP contribution in [-0.4, -0.2) is 27.4 Å². The van der Waals surface area contributed by atoms with Crippen LogP contribution in [0.25, 0.3) is 0 Å². The number of hydrogen-bond acceptors (Lipinski definition) is 2. The van der Waals surface area contributed by atoms with E-state index in [1.54, 1.807) is 14.2 Å². The smallest absolute Gasteiger partial charge is 0.0696 e. The van der Waals surface area contributed by atoms with Crippen molar-refractivity contribution in [1.82, 2.24) is 0 Å². The summed E-state index contributed by atoms with van der Waals surface area (Å²) in [5.41, 5.74) is 0. The van der Waals surface area contributed by atoms with E-state index in [9.17, 15) is 0 Å². The Morgan fingerprint density at radius 2 is 0.800 bits per heavy atom. The summed E-state index contributed by atoms with van der Waals surface area (Å²) in [5, 5.41) is 4.19. The first-order valence-electron chi connectivity index (χ1n) is 8.30. The van der Waals surface area contributed by atoms with E-state index in [0.717, 1.165) is 0 Å². The van der Waals surface area contributed by atoms with Crippen LogP contribution >= 0.6 is 7.92 Å². The van der Waals surface area contributed by atoms with Gasteiger partial charge in [0.1, 0.15) is 0 Å². The third-order valence-corrected chi connectivity index (χ3v) is 5.98. The summed E-state index contributed by atoms with van der Waals surface area (Å²) in [7, 11) is 2.86. The molecule has 0 bridgehead atoms. The standard InChI is InChI=1S/C18H15P.C4H10O2/c1-4-10-16(11-5-1)19(17-12-6-2-7-13-17)18-14-8-3-9-15-18;1-5-3-4-6-2/h1-15H;3-4H2,1-2H3. The van der Waals surface area contributed by atoms with Crippen molar-refractivity contribution in [3.63, 3.8) is 0 Å². The number of methoxy groups -OCH3 is 2. The second-order valence-electron chi connectivity index (χ2n) is 5.33. The zero-order valence-corrected chi connectivity index (χ0v) is 15.7. The summed E-state index contributed by atoms with van der Waals surface area (Å²) in [6, 6.07) is 32.3. The number of ether oxygens (including phenoxy) is 2.